The predicted molar refractivity (Wildman–Crippen MR) is 228 cm³/mol. The van der Waals surface area contributed by atoms with Crippen LogP contribution in [0.3, 0.4) is 0 Å². The molecule has 5 rings (SSSR count). The molecule has 6 amide bonds. The van der Waals surface area contributed by atoms with Crippen LogP contribution in [0.25, 0.3) is 0 Å². The summed E-state index contributed by atoms with van der Waals surface area (Å²) in [5, 5.41) is 42.2. The average molecular weight is 840 g/mol. The molecule has 0 aliphatic carbocycles. The van der Waals surface area contributed by atoms with E-state index in [1.807, 2.05) is 6.07 Å². The van der Waals surface area contributed by atoms with E-state index in [0.717, 1.165) is 5.56 Å². The molecule has 62 heavy (non-hydrogen) atoms. The summed E-state index contributed by atoms with van der Waals surface area (Å²) >= 11 is 0. The molecule has 5 aromatic carbocycles. The molecule has 0 fully saturated rings. The number of benzene rings is 5. The number of nitrogens with one attached hydrogen (secondary N) is 5. The molecular weight excluding hydrogens is 799 g/mol. The molecule has 0 aromatic heterocycles. The van der Waals surface area contributed by atoms with Crippen molar-refractivity contribution in [2.45, 2.75) is 45.3 Å². The lowest BCUT2D eigenvalue weighted by atomic mass is 10.1. The summed E-state index contributed by atoms with van der Waals surface area (Å²) in [6, 6.07) is 27.1. The van der Waals surface area contributed by atoms with Crippen LogP contribution < -0.4 is 37.1 Å². The summed E-state index contributed by atoms with van der Waals surface area (Å²) in [6.45, 7) is 3.36. The number of carboxylic acid groups (broad SMARTS) is 1. The number of ether oxygens (including phenoxy) is 1. The van der Waals surface area contributed by atoms with Gasteiger partial charge in [0.15, 0.2) is 11.5 Å². The lowest BCUT2D eigenvalue weighted by Crippen LogP contribution is -2.46. The quantitative estimate of drug-likeness (QED) is 0.0584. The van der Waals surface area contributed by atoms with Gasteiger partial charge in [0.25, 0.3) is 17.7 Å². The summed E-state index contributed by atoms with van der Waals surface area (Å²) in [4.78, 5) is 88.2. The third-order valence-corrected chi connectivity index (χ3v) is 8.96. The number of phenolic OH excluding ortho intramolecular Hbond substituents is 1. The Bertz CT molecular complexity index is 2530. The highest BCUT2D eigenvalue weighted by Crippen LogP contribution is 2.39. The first-order valence-electron chi connectivity index (χ1n) is 19.0. The van der Waals surface area contributed by atoms with Gasteiger partial charge < -0.3 is 47.3 Å². The zero-order chi connectivity index (χ0) is 44.9. The maximum Gasteiger partial charge on any atom is 0.335 e. The van der Waals surface area contributed by atoms with Gasteiger partial charge in [0, 0.05) is 34.6 Å². The van der Waals surface area contributed by atoms with Gasteiger partial charge >= 0.3 is 5.97 Å². The van der Waals surface area contributed by atoms with Crippen molar-refractivity contribution >= 4 is 64.2 Å². The van der Waals surface area contributed by atoms with E-state index in [1.165, 1.54) is 84.9 Å². The molecule has 17 heteroatoms. The molecule has 17 nitrogen and oxygen atoms in total. The Hall–Kier alpha value is -8.52. The van der Waals surface area contributed by atoms with E-state index in [2.05, 4.69) is 26.6 Å². The number of rotatable bonds is 17. The second-order valence-corrected chi connectivity index (χ2v) is 14.0. The summed E-state index contributed by atoms with van der Waals surface area (Å²) in [6.07, 6.45) is -0.369. The third kappa shape index (κ3) is 12.3. The van der Waals surface area contributed by atoms with Crippen LogP contribution in [0.5, 0.6) is 11.5 Å². The van der Waals surface area contributed by atoms with E-state index in [0.29, 0.717) is 17.7 Å². The van der Waals surface area contributed by atoms with E-state index in [9.17, 15) is 38.7 Å². The molecule has 0 bridgehead atoms. The van der Waals surface area contributed by atoms with Gasteiger partial charge in [-0.15, -0.1) is 0 Å². The van der Waals surface area contributed by atoms with Crippen LogP contribution in [-0.4, -0.2) is 63.8 Å². The highest BCUT2D eigenvalue weighted by atomic mass is 16.5. The molecular formula is C45H41N7O10. The van der Waals surface area contributed by atoms with Gasteiger partial charge in [0.2, 0.25) is 17.7 Å². The van der Waals surface area contributed by atoms with E-state index in [-0.39, 0.29) is 57.4 Å². The van der Waals surface area contributed by atoms with Gasteiger partial charge in [-0.2, -0.15) is 5.26 Å². The Labute approximate surface area is 354 Å². The fraction of sp³-hybridized carbons (Fsp3) is 0.156. The van der Waals surface area contributed by atoms with E-state index >= 15 is 0 Å². The minimum atomic E-state index is -1.38. The SMILES string of the molecule is CC(C)Oc1c(NC(=O)c2ccc(NC(=O)[C@H](CC(N)=O)NC(=O)c3ccc(NC(=O)CCc4ccc(C#N)cc4)cc3)cc2)ccc(C(=O)Nc2ccc(C(=O)O)cc2)c1O. The average Bonchev–Trinajstić information content (AvgIpc) is 3.24. The summed E-state index contributed by atoms with van der Waals surface area (Å²) in [5.74, 6) is -5.81. The monoisotopic (exact) mass is 839 g/mol. The lowest BCUT2D eigenvalue weighted by Gasteiger charge is -2.19. The van der Waals surface area contributed by atoms with E-state index in [4.69, 9.17) is 20.8 Å². The minimum Gasteiger partial charge on any atom is -0.504 e. The zero-order valence-electron chi connectivity index (χ0n) is 33.4. The fourth-order valence-corrected chi connectivity index (χ4v) is 5.82. The third-order valence-electron chi connectivity index (χ3n) is 8.96. The topological polar surface area (TPSA) is 279 Å². The number of nitrogens with two attached hydrogens (primary N) is 1. The number of aromatic hydroxyl groups is 1. The van der Waals surface area contributed by atoms with Crippen LogP contribution in [0.1, 0.15) is 79.2 Å². The number of hydrogen-bond donors (Lipinski definition) is 8. The van der Waals surface area contributed by atoms with Crippen molar-refractivity contribution in [3.63, 3.8) is 0 Å². The van der Waals surface area contributed by atoms with Crippen LogP contribution in [0.4, 0.5) is 22.7 Å². The number of hydrogen-bond acceptors (Lipinski definition) is 10. The van der Waals surface area contributed by atoms with Crippen molar-refractivity contribution in [2.75, 3.05) is 21.3 Å². The van der Waals surface area contributed by atoms with Crippen molar-refractivity contribution in [3.8, 4) is 17.6 Å². The number of carbonyl (C=O) groups is 7. The van der Waals surface area contributed by atoms with Crippen LogP contribution in [0, 0.1) is 11.3 Å². The highest BCUT2D eigenvalue weighted by molar-refractivity contribution is 6.10. The van der Waals surface area contributed by atoms with Gasteiger partial charge in [-0.05, 0) is 123 Å². The first-order valence-corrected chi connectivity index (χ1v) is 19.0. The van der Waals surface area contributed by atoms with Gasteiger partial charge in [-0.1, -0.05) is 12.1 Å². The van der Waals surface area contributed by atoms with Crippen molar-refractivity contribution in [1.29, 1.82) is 5.26 Å². The van der Waals surface area contributed by atoms with Crippen LogP contribution in [0.2, 0.25) is 0 Å². The number of anilines is 4. The highest BCUT2D eigenvalue weighted by Gasteiger charge is 2.25. The number of aromatic carboxylic acids is 1. The summed E-state index contributed by atoms with van der Waals surface area (Å²) in [7, 11) is 0. The van der Waals surface area contributed by atoms with Crippen molar-refractivity contribution in [1.82, 2.24) is 5.32 Å². The lowest BCUT2D eigenvalue weighted by molar-refractivity contribution is -0.123. The number of amides is 6. The second-order valence-electron chi connectivity index (χ2n) is 14.0. The largest absolute Gasteiger partial charge is 0.504 e. The molecule has 0 spiro atoms. The molecule has 0 saturated carbocycles. The fourth-order valence-electron chi connectivity index (χ4n) is 5.82. The number of carboxylic acids is 1. The number of nitriles is 1. The number of aryl methyl sites for hydroxylation is 1. The zero-order valence-corrected chi connectivity index (χ0v) is 33.4. The van der Waals surface area contributed by atoms with Crippen molar-refractivity contribution in [2.24, 2.45) is 5.73 Å². The molecule has 0 saturated heterocycles. The minimum absolute atomic E-state index is 0.0209. The van der Waals surface area contributed by atoms with Crippen LogP contribution in [0.15, 0.2) is 109 Å². The summed E-state index contributed by atoms with van der Waals surface area (Å²) in [5.41, 5.74) is 7.86. The smallest absolute Gasteiger partial charge is 0.335 e. The Morgan fingerprint density at radius 3 is 1.77 bits per heavy atom. The Balaban J connectivity index is 1.18. The predicted octanol–water partition coefficient (Wildman–Crippen LogP) is 5.44. The molecule has 316 valence electrons. The first kappa shape index (κ1) is 44.6. The van der Waals surface area contributed by atoms with E-state index < -0.39 is 59.8 Å². The molecule has 5 aromatic rings. The van der Waals surface area contributed by atoms with E-state index in [1.54, 1.807) is 38.1 Å². The van der Waals surface area contributed by atoms with Gasteiger partial charge in [0.1, 0.15) is 6.04 Å². The first-order chi connectivity index (χ1) is 29.6. The molecule has 9 N–H and O–H groups in total. The molecule has 0 aliphatic heterocycles. The maximum absolute atomic E-state index is 13.3. The molecule has 1 atom stereocenters. The normalized spacial score (nSPS) is 11.0. The van der Waals surface area contributed by atoms with Crippen LogP contribution >= 0.6 is 0 Å². The number of phenols is 1. The number of carbonyl (C=O) groups excluding carboxylic acids is 6. The molecule has 0 unspecified atom stereocenters. The second kappa shape index (κ2) is 20.4. The van der Waals surface area contributed by atoms with Crippen molar-refractivity contribution < 1.29 is 48.5 Å². The summed E-state index contributed by atoms with van der Waals surface area (Å²) < 4.78 is 5.77. The Morgan fingerprint density at radius 1 is 0.677 bits per heavy atom. The van der Waals surface area contributed by atoms with Gasteiger partial charge in [-0.3, -0.25) is 28.8 Å². The maximum atomic E-state index is 13.3. The molecule has 0 aliphatic rings. The molecule has 0 radical (unpaired) electrons. The molecule has 0 heterocycles. The van der Waals surface area contributed by atoms with Crippen LogP contribution in [-0.2, 0) is 20.8 Å². The Morgan fingerprint density at radius 2 is 1.23 bits per heavy atom. The number of nitrogens with zero attached hydrogens (tertiary/aromatic N) is 1. The number of primary amides is 1. The van der Waals surface area contributed by atoms with Gasteiger partial charge in [-0.25, -0.2) is 4.79 Å². The Kier molecular flexibility index (Phi) is 14.7. The van der Waals surface area contributed by atoms with Gasteiger partial charge in [0.05, 0.1) is 41.0 Å². The standard InChI is InChI=1S/C45H41N7O10/c1-25(2)62-40-35(21-20-34(39(40)55)43(58)49-32-18-12-30(13-19-32)45(60)61)51-41(56)28-10-16-33(17-11-28)50-44(59)36(23-37(47)53)52-42(57)29-8-14-31(15-9-29)48-38(54)22-7-26-3-5-27(24-46)6-4-26/h3-6,8-21,25,36,55H,7,22-23H2,1-2H3,(H2,47,53)(H,48,54)(H,49,58)(H,50,59)(H,51,56)(H,52,57)(H,60,61)/t36-/m0/s1. The van der Waals surface area contributed by atoms with Crippen molar-refractivity contribution in [3.05, 3.63) is 143 Å².